The number of carbonyl (C=O) groups is 2. The Morgan fingerprint density at radius 2 is 1.89 bits per heavy atom. The van der Waals surface area contributed by atoms with E-state index >= 15 is 0 Å². The zero-order valence-corrected chi connectivity index (χ0v) is 16.0. The van der Waals surface area contributed by atoms with Gasteiger partial charge in [-0.1, -0.05) is 12.1 Å². The van der Waals surface area contributed by atoms with E-state index in [4.69, 9.17) is 14.2 Å². The average Bonchev–Trinajstić information content (AvgIpc) is 3.34. The van der Waals surface area contributed by atoms with Crippen molar-refractivity contribution in [3.05, 3.63) is 29.8 Å². The molecule has 4 fully saturated rings. The number of ether oxygens (including phenoxy) is 3. The smallest absolute Gasteiger partial charge is 0.223 e. The first kappa shape index (κ1) is 18.1. The zero-order valence-electron chi connectivity index (χ0n) is 16.0. The van der Waals surface area contributed by atoms with E-state index in [2.05, 4.69) is 5.32 Å². The van der Waals surface area contributed by atoms with Gasteiger partial charge in [-0.2, -0.15) is 0 Å². The van der Waals surface area contributed by atoms with Crippen LogP contribution in [0, 0.1) is 11.8 Å². The van der Waals surface area contributed by atoms with Crippen LogP contribution in [0.15, 0.2) is 24.3 Å². The summed E-state index contributed by atoms with van der Waals surface area (Å²) in [4.78, 5) is 24.9. The number of rotatable bonds is 7. The first-order valence-electron chi connectivity index (χ1n) is 10.5. The molecule has 2 saturated heterocycles. The lowest BCUT2D eigenvalue weighted by molar-refractivity contribution is -0.123. The Hall–Kier alpha value is -1.92. The monoisotopic (exact) mass is 385 g/mol. The Bertz CT molecular complexity index is 757. The number of nitrogens with one attached hydrogen (secondary N) is 1. The van der Waals surface area contributed by atoms with Crippen LogP contribution in [0.1, 0.15) is 48.9 Å². The molecular formula is C22H27NO5. The number of carbonyl (C=O) groups excluding carboxylic acids is 2. The van der Waals surface area contributed by atoms with Crippen molar-refractivity contribution in [1.29, 1.82) is 0 Å². The molecule has 4 atom stereocenters. The second-order valence-corrected chi connectivity index (χ2v) is 8.57. The van der Waals surface area contributed by atoms with Crippen molar-refractivity contribution < 1.29 is 23.8 Å². The van der Waals surface area contributed by atoms with E-state index in [1.54, 1.807) is 0 Å². The minimum atomic E-state index is -0.145. The number of Topliss-reactive ketones (excluding diaryl/α,β-unsaturated/α-hetero) is 1. The molecular weight excluding hydrogens is 358 g/mol. The van der Waals surface area contributed by atoms with Crippen molar-refractivity contribution in [2.75, 3.05) is 13.2 Å². The third-order valence-electron chi connectivity index (χ3n) is 6.39. The van der Waals surface area contributed by atoms with Gasteiger partial charge in [0.15, 0.2) is 5.78 Å². The summed E-state index contributed by atoms with van der Waals surface area (Å²) in [7, 11) is 0. The van der Waals surface area contributed by atoms with Crippen LogP contribution in [0.25, 0.3) is 0 Å². The molecule has 2 heterocycles. The molecule has 1 amide bonds. The van der Waals surface area contributed by atoms with Crippen molar-refractivity contribution in [3.63, 3.8) is 0 Å². The lowest BCUT2D eigenvalue weighted by atomic mass is 9.92. The molecule has 1 aromatic carbocycles. The largest absolute Gasteiger partial charge is 0.490 e. The lowest BCUT2D eigenvalue weighted by Crippen LogP contribution is -2.44. The summed E-state index contributed by atoms with van der Waals surface area (Å²) in [6, 6.07) is 7.39. The van der Waals surface area contributed by atoms with Crippen LogP contribution in [0.4, 0.5) is 0 Å². The average molecular weight is 385 g/mol. The van der Waals surface area contributed by atoms with E-state index in [9.17, 15) is 9.59 Å². The van der Waals surface area contributed by atoms with Crippen molar-refractivity contribution in [1.82, 2.24) is 5.32 Å². The Kier molecular flexibility index (Phi) is 4.85. The van der Waals surface area contributed by atoms with Gasteiger partial charge in [0.2, 0.25) is 5.91 Å². The van der Waals surface area contributed by atoms with Gasteiger partial charge < -0.3 is 19.5 Å². The van der Waals surface area contributed by atoms with Gasteiger partial charge >= 0.3 is 0 Å². The first-order chi connectivity index (χ1) is 13.7. The highest BCUT2D eigenvalue weighted by Crippen LogP contribution is 2.35. The summed E-state index contributed by atoms with van der Waals surface area (Å²) in [5.41, 5.74) is 0.678. The molecule has 28 heavy (non-hydrogen) atoms. The summed E-state index contributed by atoms with van der Waals surface area (Å²) >= 11 is 0. The third-order valence-corrected chi connectivity index (χ3v) is 6.39. The van der Waals surface area contributed by atoms with E-state index < -0.39 is 0 Å². The Morgan fingerprint density at radius 3 is 2.64 bits per heavy atom. The van der Waals surface area contributed by atoms with Gasteiger partial charge in [0.05, 0.1) is 31.5 Å². The summed E-state index contributed by atoms with van der Waals surface area (Å²) < 4.78 is 17.8. The highest BCUT2D eigenvalue weighted by atomic mass is 16.6. The van der Waals surface area contributed by atoms with E-state index in [1.165, 1.54) is 6.42 Å². The summed E-state index contributed by atoms with van der Waals surface area (Å²) in [6.45, 7) is 0.957. The van der Waals surface area contributed by atoms with Gasteiger partial charge in [0.1, 0.15) is 11.9 Å². The van der Waals surface area contributed by atoms with Crippen molar-refractivity contribution in [3.8, 4) is 5.75 Å². The number of ketones is 1. The predicted octanol–water partition coefficient (Wildman–Crippen LogP) is 2.50. The Morgan fingerprint density at radius 1 is 1.07 bits per heavy atom. The van der Waals surface area contributed by atoms with Crippen LogP contribution in [0.2, 0.25) is 0 Å². The van der Waals surface area contributed by atoms with Gasteiger partial charge in [-0.25, -0.2) is 0 Å². The van der Waals surface area contributed by atoms with E-state index in [1.807, 2.05) is 24.3 Å². The Balaban J connectivity index is 1.18. The molecule has 0 bridgehead atoms. The second kappa shape index (κ2) is 7.48. The van der Waals surface area contributed by atoms with Gasteiger partial charge in [-0.3, -0.25) is 9.59 Å². The number of amides is 1. The molecule has 6 heteroatoms. The lowest BCUT2D eigenvalue weighted by Gasteiger charge is -2.26. The van der Waals surface area contributed by atoms with Crippen LogP contribution in [-0.4, -0.2) is 49.3 Å². The quantitative estimate of drug-likeness (QED) is 0.730. The van der Waals surface area contributed by atoms with Gasteiger partial charge in [0, 0.05) is 23.8 Å². The third kappa shape index (κ3) is 3.67. The molecule has 0 aromatic heterocycles. The zero-order chi connectivity index (χ0) is 19.1. The number of hydrogen-bond acceptors (Lipinski definition) is 5. The minimum Gasteiger partial charge on any atom is -0.490 e. The molecule has 2 saturated carbocycles. The minimum absolute atomic E-state index is 0.0246. The van der Waals surface area contributed by atoms with E-state index in [0.717, 1.165) is 31.4 Å². The Labute approximate surface area is 164 Å². The predicted molar refractivity (Wildman–Crippen MR) is 101 cm³/mol. The van der Waals surface area contributed by atoms with Crippen LogP contribution in [0.3, 0.4) is 0 Å². The maximum absolute atomic E-state index is 12.8. The molecule has 0 radical (unpaired) electrons. The van der Waals surface area contributed by atoms with Gasteiger partial charge in [-0.05, 0) is 44.2 Å². The fraction of sp³-hybridized carbons (Fsp3) is 0.636. The van der Waals surface area contributed by atoms with E-state index in [0.29, 0.717) is 31.3 Å². The van der Waals surface area contributed by atoms with Crippen LogP contribution < -0.4 is 10.1 Å². The van der Waals surface area contributed by atoms with Gasteiger partial charge in [0.25, 0.3) is 0 Å². The molecule has 1 N–H and O–H groups in total. The fourth-order valence-electron chi connectivity index (χ4n) is 4.30. The maximum atomic E-state index is 12.8. The van der Waals surface area contributed by atoms with Crippen molar-refractivity contribution in [2.45, 2.75) is 62.9 Å². The maximum Gasteiger partial charge on any atom is 0.223 e. The number of fused-ring (bicyclic) bond motifs is 1. The van der Waals surface area contributed by atoms with E-state index in [-0.39, 0.29) is 41.8 Å². The summed E-state index contributed by atoms with van der Waals surface area (Å²) in [5.74, 6) is 1.17. The summed E-state index contributed by atoms with van der Waals surface area (Å²) in [5, 5.41) is 3.06. The topological polar surface area (TPSA) is 73.9 Å². The molecule has 2 aliphatic heterocycles. The molecule has 4 unspecified atom stereocenters. The van der Waals surface area contributed by atoms with Crippen LogP contribution in [-0.2, 0) is 14.3 Å². The molecule has 4 aliphatic rings. The second-order valence-electron chi connectivity index (χ2n) is 8.57. The molecule has 5 rings (SSSR count). The molecule has 0 spiro atoms. The fourth-order valence-corrected chi connectivity index (χ4v) is 4.30. The highest BCUT2D eigenvalue weighted by molar-refractivity contribution is 5.96. The molecule has 1 aromatic rings. The number of benzene rings is 1. The summed E-state index contributed by atoms with van der Waals surface area (Å²) in [6.07, 6.45) is 5.78. The van der Waals surface area contributed by atoms with Gasteiger partial charge in [-0.15, -0.1) is 0 Å². The van der Waals surface area contributed by atoms with Crippen molar-refractivity contribution in [2.24, 2.45) is 11.8 Å². The number of hydrogen-bond donors (Lipinski definition) is 1. The standard InChI is InChI=1S/C22H27NO5/c24-19(14-3-1-6-17(9-14)28-16-4-2-5-16)10-15-11-26-21-18(12-27-20(15)21)23-22(25)13-7-8-13/h1,3,6,9,13,15-16,18,20-21H,2,4-5,7-8,10-12H2,(H,23,25). The first-order valence-corrected chi connectivity index (χ1v) is 10.5. The van der Waals surface area contributed by atoms with Crippen LogP contribution >= 0.6 is 0 Å². The SMILES string of the molecule is O=C(CC1COC2C(NC(=O)C3CC3)COC12)c1cccc(OC2CCC2)c1. The normalized spacial score (nSPS) is 31.9. The highest BCUT2D eigenvalue weighted by Gasteiger charge is 2.49. The van der Waals surface area contributed by atoms with Crippen molar-refractivity contribution >= 4 is 11.7 Å². The molecule has 150 valence electrons. The van der Waals surface area contributed by atoms with Crippen LogP contribution in [0.5, 0.6) is 5.75 Å². The molecule has 2 aliphatic carbocycles. The molecule has 6 nitrogen and oxygen atoms in total.